The number of anilines is 1. The van der Waals surface area contributed by atoms with Crippen LogP contribution in [0.2, 0.25) is 0 Å². The molecule has 1 fully saturated rings. The molecule has 0 atom stereocenters. The molecule has 0 unspecified atom stereocenters. The number of aryl methyl sites for hydroxylation is 1. The number of amides is 1. The van der Waals surface area contributed by atoms with Crippen LogP contribution in [0.1, 0.15) is 5.69 Å². The van der Waals surface area contributed by atoms with E-state index in [0.29, 0.717) is 12.4 Å². The van der Waals surface area contributed by atoms with Gasteiger partial charge in [0, 0.05) is 5.56 Å². The third-order valence-electron chi connectivity index (χ3n) is 3.50. The summed E-state index contributed by atoms with van der Waals surface area (Å²) in [4.78, 5) is 32.7. The zero-order valence-electron chi connectivity index (χ0n) is 12.4. The Labute approximate surface area is 131 Å². The normalized spacial score (nSPS) is 14.8. The topological polar surface area (TPSA) is 98.5 Å². The van der Waals surface area contributed by atoms with Crippen molar-refractivity contribution < 1.29 is 14.5 Å². The number of nitrogens with zero attached hydrogens (tertiary/aromatic N) is 4. The number of nitro groups is 1. The number of rotatable bonds is 3. The van der Waals surface area contributed by atoms with Crippen LogP contribution < -0.4 is 4.90 Å². The van der Waals surface area contributed by atoms with Crippen LogP contribution >= 0.6 is 0 Å². The van der Waals surface area contributed by atoms with Crippen LogP contribution in [0.4, 0.5) is 11.5 Å². The first-order valence-electron chi connectivity index (χ1n) is 7.04. The summed E-state index contributed by atoms with van der Waals surface area (Å²) >= 11 is 0. The fraction of sp³-hybridized carbons (Fsp3) is 0.267. The average molecular weight is 314 g/mol. The summed E-state index contributed by atoms with van der Waals surface area (Å²) < 4.78 is 5.07. The number of hydrogen-bond donors (Lipinski definition) is 0. The Kier molecular flexibility index (Phi) is 3.98. The van der Waals surface area contributed by atoms with Crippen molar-refractivity contribution in [2.24, 2.45) is 0 Å². The average Bonchev–Trinajstić information content (AvgIpc) is 2.55. The van der Waals surface area contributed by atoms with E-state index in [4.69, 9.17) is 4.74 Å². The lowest BCUT2D eigenvalue weighted by Gasteiger charge is -2.26. The predicted molar refractivity (Wildman–Crippen MR) is 82.0 cm³/mol. The predicted octanol–water partition coefficient (Wildman–Crippen LogP) is 1.72. The highest BCUT2D eigenvalue weighted by molar-refractivity contribution is 5.96. The Bertz CT molecular complexity index is 764. The van der Waals surface area contributed by atoms with E-state index < -0.39 is 4.92 Å². The molecule has 1 saturated heterocycles. The van der Waals surface area contributed by atoms with E-state index in [1.165, 1.54) is 4.90 Å². The smallest absolute Gasteiger partial charge is 0.333 e. The summed E-state index contributed by atoms with van der Waals surface area (Å²) in [6.07, 6.45) is 0. The third-order valence-corrected chi connectivity index (χ3v) is 3.50. The van der Waals surface area contributed by atoms with Gasteiger partial charge in [-0.1, -0.05) is 30.3 Å². The number of aromatic nitrogens is 2. The quantitative estimate of drug-likeness (QED) is 0.632. The standard InChI is InChI=1S/C15H14N4O4/c1-10-13(19(21)22)15(18-7-8-23-9-12(18)20)17-14(16-10)11-5-3-2-4-6-11/h2-6H,7-9H2,1H3. The Balaban J connectivity index is 2.16. The Morgan fingerprint density at radius 1 is 1.26 bits per heavy atom. The van der Waals surface area contributed by atoms with E-state index in [9.17, 15) is 14.9 Å². The summed E-state index contributed by atoms with van der Waals surface area (Å²) in [6.45, 7) is 1.97. The molecule has 0 spiro atoms. The monoisotopic (exact) mass is 314 g/mol. The van der Waals surface area contributed by atoms with Gasteiger partial charge in [-0.3, -0.25) is 19.8 Å². The van der Waals surface area contributed by atoms with E-state index in [2.05, 4.69) is 9.97 Å². The van der Waals surface area contributed by atoms with Crippen molar-refractivity contribution in [3.05, 3.63) is 46.1 Å². The summed E-state index contributed by atoms with van der Waals surface area (Å²) in [5.74, 6) is 0.0223. The highest BCUT2D eigenvalue weighted by Gasteiger charge is 2.31. The van der Waals surface area contributed by atoms with E-state index in [-0.39, 0.29) is 36.3 Å². The maximum Gasteiger partial charge on any atom is 0.333 e. The first-order valence-corrected chi connectivity index (χ1v) is 7.04. The fourth-order valence-corrected chi connectivity index (χ4v) is 2.41. The zero-order valence-corrected chi connectivity index (χ0v) is 12.4. The molecule has 23 heavy (non-hydrogen) atoms. The minimum absolute atomic E-state index is 0.0228. The molecule has 118 valence electrons. The van der Waals surface area contributed by atoms with Crippen molar-refractivity contribution >= 4 is 17.4 Å². The number of carbonyl (C=O) groups is 1. The molecule has 0 radical (unpaired) electrons. The van der Waals surface area contributed by atoms with Gasteiger partial charge < -0.3 is 4.74 Å². The minimum atomic E-state index is -0.553. The molecule has 1 amide bonds. The fourth-order valence-electron chi connectivity index (χ4n) is 2.41. The second kappa shape index (κ2) is 6.09. The molecule has 0 aliphatic carbocycles. The lowest BCUT2D eigenvalue weighted by atomic mass is 10.2. The van der Waals surface area contributed by atoms with Gasteiger partial charge in [-0.05, 0) is 6.92 Å². The lowest BCUT2D eigenvalue weighted by molar-refractivity contribution is -0.385. The molecule has 0 N–H and O–H groups in total. The molecule has 3 rings (SSSR count). The van der Waals surface area contributed by atoms with Gasteiger partial charge in [-0.2, -0.15) is 0 Å². The first-order chi connectivity index (χ1) is 11.1. The van der Waals surface area contributed by atoms with Crippen LogP contribution in [0.5, 0.6) is 0 Å². The molecule has 0 bridgehead atoms. The van der Waals surface area contributed by atoms with E-state index in [1.807, 2.05) is 30.3 Å². The third kappa shape index (κ3) is 2.88. The second-order valence-corrected chi connectivity index (χ2v) is 5.03. The van der Waals surface area contributed by atoms with E-state index in [0.717, 1.165) is 5.56 Å². The molecule has 1 aliphatic heterocycles. The molecule has 8 nitrogen and oxygen atoms in total. The molecule has 8 heteroatoms. The summed E-state index contributed by atoms with van der Waals surface area (Å²) in [7, 11) is 0. The SMILES string of the molecule is Cc1nc(-c2ccccc2)nc(N2CCOCC2=O)c1[N+](=O)[O-]. The van der Waals surface area contributed by atoms with Gasteiger partial charge in [0.1, 0.15) is 12.3 Å². The molecule has 1 aromatic carbocycles. The number of hydrogen-bond acceptors (Lipinski definition) is 6. The minimum Gasteiger partial charge on any atom is -0.370 e. The van der Waals surface area contributed by atoms with Crippen molar-refractivity contribution in [3.63, 3.8) is 0 Å². The maximum absolute atomic E-state index is 12.0. The highest BCUT2D eigenvalue weighted by atomic mass is 16.6. The maximum atomic E-state index is 12.0. The second-order valence-electron chi connectivity index (χ2n) is 5.03. The van der Waals surface area contributed by atoms with Gasteiger partial charge in [-0.25, -0.2) is 9.97 Å². The Hall–Kier alpha value is -2.87. The molecule has 1 aliphatic rings. The largest absolute Gasteiger partial charge is 0.370 e. The molecule has 2 heterocycles. The molecular weight excluding hydrogens is 300 g/mol. The van der Waals surface area contributed by atoms with Gasteiger partial charge in [0.25, 0.3) is 5.91 Å². The molecular formula is C15H14N4O4. The molecule has 1 aromatic heterocycles. The Morgan fingerprint density at radius 2 is 2.00 bits per heavy atom. The summed E-state index contributed by atoms with van der Waals surface area (Å²) in [5.41, 5.74) is 0.700. The first kappa shape index (κ1) is 15.0. The van der Waals surface area contributed by atoms with Crippen LogP contribution in [-0.2, 0) is 9.53 Å². The van der Waals surface area contributed by atoms with E-state index >= 15 is 0 Å². The number of morpholine rings is 1. The van der Waals surface area contributed by atoms with Crippen LogP contribution in [0.25, 0.3) is 11.4 Å². The zero-order chi connectivity index (χ0) is 16.4. The summed E-state index contributed by atoms with van der Waals surface area (Å²) in [5, 5.41) is 11.4. The van der Waals surface area contributed by atoms with Crippen LogP contribution in [0.15, 0.2) is 30.3 Å². The van der Waals surface area contributed by atoms with Gasteiger partial charge in [-0.15, -0.1) is 0 Å². The van der Waals surface area contributed by atoms with Crippen molar-refractivity contribution in [1.29, 1.82) is 0 Å². The summed E-state index contributed by atoms with van der Waals surface area (Å²) in [6, 6.07) is 9.13. The van der Waals surface area contributed by atoms with E-state index in [1.54, 1.807) is 6.92 Å². The lowest BCUT2D eigenvalue weighted by Crippen LogP contribution is -2.42. The van der Waals surface area contributed by atoms with Gasteiger partial charge in [0.05, 0.1) is 18.1 Å². The molecule has 0 saturated carbocycles. The molecule has 2 aromatic rings. The number of benzene rings is 1. The van der Waals surface area contributed by atoms with Gasteiger partial charge in [0.15, 0.2) is 5.82 Å². The van der Waals surface area contributed by atoms with Crippen LogP contribution in [0, 0.1) is 17.0 Å². The number of ether oxygens (including phenoxy) is 1. The van der Waals surface area contributed by atoms with Crippen LogP contribution in [0.3, 0.4) is 0 Å². The van der Waals surface area contributed by atoms with Crippen molar-refractivity contribution in [3.8, 4) is 11.4 Å². The van der Waals surface area contributed by atoms with Crippen LogP contribution in [-0.4, -0.2) is 40.6 Å². The Morgan fingerprint density at radius 3 is 2.65 bits per heavy atom. The number of carbonyl (C=O) groups excluding carboxylic acids is 1. The van der Waals surface area contributed by atoms with Gasteiger partial charge >= 0.3 is 5.69 Å². The van der Waals surface area contributed by atoms with Gasteiger partial charge in [0.2, 0.25) is 5.82 Å². The highest BCUT2D eigenvalue weighted by Crippen LogP contribution is 2.31. The van der Waals surface area contributed by atoms with Crippen molar-refractivity contribution in [2.75, 3.05) is 24.7 Å². The van der Waals surface area contributed by atoms with Crippen molar-refractivity contribution in [2.45, 2.75) is 6.92 Å². The van der Waals surface area contributed by atoms with Crippen molar-refractivity contribution in [1.82, 2.24) is 9.97 Å².